The number of hydrogen-bond acceptors (Lipinski definition) is 5. The van der Waals surface area contributed by atoms with Gasteiger partial charge in [0.25, 0.3) is 11.4 Å². The van der Waals surface area contributed by atoms with E-state index in [0.717, 1.165) is 12.1 Å². The van der Waals surface area contributed by atoms with Crippen LogP contribution in [-0.2, 0) is 6.18 Å². The van der Waals surface area contributed by atoms with E-state index in [9.17, 15) is 18.0 Å². The Morgan fingerprint density at radius 2 is 1.71 bits per heavy atom. The molecule has 0 spiro atoms. The predicted molar refractivity (Wildman–Crippen MR) is 124 cm³/mol. The number of rotatable bonds is 5. The van der Waals surface area contributed by atoms with Crippen LogP contribution < -0.4 is 10.3 Å². The molecule has 0 saturated carbocycles. The third-order valence-electron chi connectivity index (χ3n) is 5.46. The molecule has 0 aliphatic heterocycles. The first-order valence-electron chi connectivity index (χ1n) is 10.7. The Labute approximate surface area is 197 Å². The Hall–Kier alpha value is -4.40. The van der Waals surface area contributed by atoms with Crippen LogP contribution in [0.25, 0.3) is 39.3 Å². The van der Waals surface area contributed by atoms with Gasteiger partial charge in [0.15, 0.2) is 0 Å². The summed E-state index contributed by atoms with van der Waals surface area (Å²) in [4.78, 5) is 17.6. The second-order valence-corrected chi connectivity index (χ2v) is 7.69. The van der Waals surface area contributed by atoms with E-state index in [0.29, 0.717) is 34.4 Å². The van der Waals surface area contributed by atoms with Gasteiger partial charge in [0.05, 0.1) is 17.7 Å². The van der Waals surface area contributed by atoms with Crippen LogP contribution in [0.15, 0.2) is 88.3 Å². The lowest BCUT2D eigenvalue weighted by Crippen LogP contribution is -2.18. The highest BCUT2D eigenvalue weighted by molar-refractivity contribution is 5.94. The molecule has 0 aliphatic carbocycles. The maximum absolute atomic E-state index is 13.2. The Bertz CT molecular complexity index is 1570. The summed E-state index contributed by atoms with van der Waals surface area (Å²) in [5, 5.41) is 4.90. The van der Waals surface area contributed by atoms with E-state index in [2.05, 4.69) is 10.1 Å². The molecule has 0 bridgehead atoms. The van der Waals surface area contributed by atoms with Gasteiger partial charge in [-0.2, -0.15) is 18.2 Å². The molecule has 0 fully saturated rings. The van der Waals surface area contributed by atoms with Gasteiger partial charge in [0.1, 0.15) is 5.75 Å². The summed E-state index contributed by atoms with van der Waals surface area (Å²) in [6.07, 6.45) is -2.91. The fraction of sp³-hybridized carbons (Fsp3) is 0.115. The van der Waals surface area contributed by atoms with Crippen LogP contribution in [-0.4, -0.2) is 21.3 Å². The lowest BCUT2D eigenvalue weighted by molar-refractivity contribution is -0.137. The number of fused-ring (bicyclic) bond motifs is 1. The maximum Gasteiger partial charge on any atom is 0.416 e. The van der Waals surface area contributed by atoms with Crippen molar-refractivity contribution >= 4 is 10.8 Å². The van der Waals surface area contributed by atoms with Crippen molar-refractivity contribution in [1.29, 1.82) is 0 Å². The van der Waals surface area contributed by atoms with Gasteiger partial charge >= 0.3 is 6.18 Å². The fourth-order valence-electron chi connectivity index (χ4n) is 3.81. The number of halogens is 3. The van der Waals surface area contributed by atoms with Crippen LogP contribution in [0.1, 0.15) is 12.5 Å². The van der Waals surface area contributed by atoms with E-state index < -0.39 is 11.7 Å². The number of pyridine rings is 1. The Morgan fingerprint density at radius 3 is 2.43 bits per heavy atom. The van der Waals surface area contributed by atoms with Gasteiger partial charge in [-0.1, -0.05) is 35.5 Å². The lowest BCUT2D eigenvalue weighted by Gasteiger charge is -2.11. The molecule has 0 atom stereocenters. The van der Waals surface area contributed by atoms with Gasteiger partial charge in [0.2, 0.25) is 5.82 Å². The molecule has 35 heavy (non-hydrogen) atoms. The summed E-state index contributed by atoms with van der Waals surface area (Å²) in [6, 6.07) is 18.7. The normalized spacial score (nSPS) is 11.7. The molecular weight excluding hydrogens is 459 g/mol. The number of nitrogens with zero attached hydrogens (tertiary/aromatic N) is 3. The van der Waals surface area contributed by atoms with Gasteiger partial charge in [0, 0.05) is 28.2 Å². The van der Waals surface area contributed by atoms with Crippen LogP contribution in [0.5, 0.6) is 5.75 Å². The number of benzene rings is 3. The van der Waals surface area contributed by atoms with Crippen LogP contribution >= 0.6 is 0 Å². The van der Waals surface area contributed by atoms with Crippen LogP contribution in [0.2, 0.25) is 0 Å². The zero-order valence-electron chi connectivity index (χ0n) is 18.4. The highest BCUT2D eigenvalue weighted by atomic mass is 19.4. The minimum atomic E-state index is -4.49. The zero-order chi connectivity index (χ0) is 24.6. The largest absolute Gasteiger partial charge is 0.494 e. The van der Waals surface area contributed by atoms with Crippen molar-refractivity contribution in [2.75, 3.05) is 6.61 Å². The van der Waals surface area contributed by atoms with Crippen molar-refractivity contribution in [3.8, 4) is 34.3 Å². The zero-order valence-corrected chi connectivity index (χ0v) is 18.4. The first-order valence-corrected chi connectivity index (χ1v) is 10.7. The third kappa shape index (κ3) is 4.28. The quantitative estimate of drug-likeness (QED) is 0.305. The minimum Gasteiger partial charge on any atom is -0.494 e. The second-order valence-electron chi connectivity index (χ2n) is 7.69. The average Bonchev–Trinajstić information content (AvgIpc) is 3.35. The lowest BCUT2D eigenvalue weighted by atomic mass is 10.1. The first kappa shape index (κ1) is 22.4. The summed E-state index contributed by atoms with van der Waals surface area (Å²) >= 11 is 0. The van der Waals surface area contributed by atoms with Gasteiger partial charge in [-0.3, -0.25) is 9.36 Å². The minimum absolute atomic E-state index is 0.00833. The molecule has 3 aromatic carbocycles. The van der Waals surface area contributed by atoms with E-state index in [1.807, 2.05) is 6.92 Å². The molecule has 0 amide bonds. The van der Waals surface area contributed by atoms with Crippen LogP contribution in [0, 0.1) is 0 Å². The number of alkyl halides is 3. The molecule has 0 N–H and O–H groups in total. The van der Waals surface area contributed by atoms with Crippen LogP contribution in [0.4, 0.5) is 13.2 Å². The van der Waals surface area contributed by atoms with E-state index in [1.165, 1.54) is 16.7 Å². The molecule has 0 radical (unpaired) electrons. The maximum atomic E-state index is 13.2. The van der Waals surface area contributed by atoms with Crippen molar-refractivity contribution < 1.29 is 22.4 Å². The molecule has 5 rings (SSSR count). The Kier molecular flexibility index (Phi) is 5.60. The van der Waals surface area contributed by atoms with Gasteiger partial charge in [-0.25, -0.2) is 0 Å². The van der Waals surface area contributed by atoms with Gasteiger partial charge in [-0.15, -0.1) is 0 Å². The van der Waals surface area contributed by atoms with Crippen molar-refractivity contribution in [2.45, 2.75) is 13.1 Å². The molecular formula is C26H18F3N3O3. The van der Waals surface area contributed by atoms with Crippen LogP contribution in [0.3, 0.4) is 0 Å². The third-order valence-corrected chi connectivity index (χ3v) is 5.46. The number of hydrogen-bond donors (Lipinski definition) is 0. The number of aromatic nitrogens is 3. The summed E-state index contributed by atoms with van der Waals surface area (Å²) in [5.41, 5.74) is 0.184. The molecule has 6 nitrogen and oxygen atoms in total. The SMILES string of the molecule is CCOc1ccc(-n2cc(-c3nc(-c4cccc(C(F)(F)F)c4)no3)c3ccccc3c2=O)cc1. The molecule has 176 valence electrons. The first-order chi connectivity index (χ1) is 16.8. The molecule has 0 aliphatic rings. The number of ether oxygens (including phenoxy) is 1. The summed E-state index contributed by atoms with van der Waals surface area (Å²) < 4.78 is 51.8. The highest BCUT2D eigenvalue weighted by Gasteiger charge is 2.31. The Balaban J connectivity index is 1.63. The summed E-state index contributed by atoms with van der Waals surface area (Å²) in [7, 11) is 0. The van der Waals surface area contributed by atoms with Crippen molar-refractivity contribution in [1.82, 2.24) is 14.7 Å². The molecule has 0 saturated heterocycles. The monoisotopic (exact) mass is 477 g/mol. The molecule has 5 aromatic rings. The molecule has 9 heteroatoms. The van der Waals surface area contributed by atoms with Crippen molar-refractivity contribution in [3.63, 3.8) is 0 Å². The molecule has 2 heterocycles. The van der Waals surface area contributed by atoms with E-state index >= 15 is 0 Å². The average molecular weight is 477 g/mol. The summed E-state index contributed by atoms with van der Waals surface area (Å²) in [5.74, 6) is 0.759. The smallest absolute Gasteiger partial charge is 0.416 e. The van der Waals surface area contributed by atoms with E-state index in [-0.39, 0.29) is 22.8 Å². The molecule has 2 aromatic heterocycles. The van der Waals surface area contributed by atoms with E-state index in [4.69, 9.17) is 9.26 Å². The van der Waals surface area contributed by atoms with Gasteiger partial charge < -0.3 is 9.26 Å². The standard InChI is InChI=1S/C26H18F3N3O3/c1-2-34-19-12-10-18(11-13-19)32-15-22(20-8-3-4-9-21(20)25(32)33)24-30-23(31-35-24)16-6-5-7-17(14-16)26(27,28)29/h3-15H,2H2,1H3. The topological polar surface area (TPSA) is 70.2 Å². The van der Waals surface area contributed by atoms with Gasteiger partial charge in [-0.05, 0) is 49.4 Å². The second kappa shape index (κ2) is 8.75. The predicted octanol–water partition coefficient (Wildman–Crippen LogP) is 6.13. The Morgan fingerprint density at radius 1 is 0.971 bits per heavy atom. The van der Waals surface area contributed by atoms with E-state index in [1.54, 1.807) is 54.7 Å². The molecule has 0 unspecified atom stereocenters. The van der Waals surface area contributed by atoms with Crippen molar-refractivity contribution in [2.24, 2.45) is 0 Å². The fourth-order valence-corrected chi connectivity index (χ4v) is 3.81. The highest BCUT2D eigenvalue weighted by Crippen LogP contribution is 2.33. The van der Waals surface area contributed by atoms with Crippen molar-refractivity contribution in [3.05, 3.63) is 94.9 Å². The summed E-state index contributed by atoms with van der Waals surface area (Å²) in [6.45, 7) is 2.40.